The Morgan fingerprint density at radius 1 is 1.40 bits per heavy atom. The van der Waals surface area contributed by atoms with Gasteiger partial charge in [-0.3, -0.25) is 4.79 Å². The Labute approximate surface area is 149 Å². The van der Waals surface area contributed by atoms with Crippen LogP contribution >= 0.6 is 11.5 Å². The first kappa shape index (κ1) is 17.6. The van der Waals surface area contributed by atoms with Crippen molar-refractivity contribution in [2.45, 2.75) is 45.6 Å². The van der Waals surface area contributed by atoms with Gasteiger partial charge in [0.25, 0.3) is 5.91 Å². The highest BCUT2D eigenvalue weighted by molar-refractivity contribution is 7.08. The molecule has 134 valence electrons. The fourth-order valence-electron chi connectivity index (χ4n) is 2.93. The van der Waals surface area contributed by atoms with Crippen LogP contribution in [0.25, 0.3) is 0 Å². The summed E-state index contributed by atoms with van der Waals surface area (Å²) in [6, 6.07) is 3.06. The fourth-order valence-corrected chi connectivity index (χ4v) is 3.60. The Morgan fingerprint density at radius 3 is 2.84 bits per heavy atom. The van der Waals surface area contributed by atoms with Crippen molar-refractivity contribution in [3.8, 4) is 5.75 Å². The lowest BCUT2D eigenvalue weighted by atomic mass is 10.1. The van der Waals surface area contributed by atoms with Crippen LogP contribution in [0.15, 0.2) is 21.3 Å². The number of aryl methyl sites for hydroxylation is 2. The van der Waals surface area contributed by atoms with Gasteiger partial charge in [0.2, 0.25) is 0 Å². The van der Waals surface area contributed by atoms with Crippen molar-refractivity contribution in [1.82, 2.24) is 14.5 Å². The summed E-state index contributed by atoms with van der Waals surface area (Å²) < 4.78 is 14.7. The predicted molar refractivity (Wildman–Crippen MR) is 93.2 cm³/mol. The lowest BCUT2D eigenvalue weighted by molar-refractivity contribution is 0.0597. The molecular weight excluding hydrogens is 342 g/mol. The molecule has 0 saturated carbocycles. The second kappa shape index (κ2) is 7.77. The highest BCUT2D eigenvalue weighted by Crippen LogP contribution is 2.22. The third kappa shape index (κ3) is 4.25. The summed E-state index contributed by atoms with van der Waals surface area (Å²) in [4.78, 5) is 26.6. The van der Waals surface area contributed by atoms with Crippen molar-refractivity contribution in [1.29, 1.82) is 0 Å². The molecule has 0 atom stereocenters. The van der Waals surface area contributed by atoms with E-state index in [2.05, 4.69) is 16.5 Å². The standard InChI is InChI=1S/C17H21N3O4S/c1-3-4-14-16(25-19-18-14)17(22)20-7-5-12(6-8-20)24-13-9-11(2)23-15(21)10-13/h9-10,12H,3-8H2,1-2H3. The van der Waals surface area contributed by atoms with Crippen LogP contribution in [0.2, 0.25) is 0 Å². The quantitative estimate of drug-likeness (QED) is 0.811. The number of aromatic nitrogens is 2. The van der Waals surface area contributed by atoms with Crippen LogP contribution in [-0.4, -0.2) is 39.6 Å². The van der Waals surface area contributed by atoms with Gasteiger partial charge in [-0.15, -0.1) is 5.10 Å². The molecule has 25 heavy (non-hydrogen) atoms. The molecule has 0 bridgehead atoms. The second-order valence-corrected chi connectivity index (χ2v) is 6.89. The number of hydrogen-bond donors (Lipinski definition) is 0. The lowest BCUT2D eigenvalue weighted by Gasteiger charge is -2.32. The average Bonchev–Trinajstić information content (AvgIpc) is 3.02. The number of rotatable bonds is 5. The third-order valence-corrected chi connectivity index (χ3v) is 4.89. The smallest absolute Gasteiger partial charge is 0.339 e. The Hall–Kier alpha value is -2.22. The Kier molecular flexibility index (Phi) is 5.47. The van der Waals surface area contributed by atoms with Gasteiger partial charge in [0, 0.05) is 32.0 Å². The summed E-state index contributed by atoms with van der Waals surface area (Å²) in [5.41, 5.74) is 0.381. The lowest BCUT2D eigenvalue weighted by Crippen LogP contribution is -2.41. The number of carbonyl (C=O) groups excluding carboxylic acids is 1. The van der Waals surface area contributed by atoms with Gasteiger partial charge in [-0.05, 0) is 24.9 Å². The van der Waals surface area contributed by atoms with Crippen molar-refractivity contribution in [3.63, 3.8) is 0 Å². The molecule has 1 aliphatic heterocycles. The summed E-state index contributed by atoms with van der Waals surface area (Å²) in [6.07, 6.45) is 3.14. The van der Waals surface area contributed by atoms with Crippen molar-refractivity contribution in [2.75, 3.05) is 13.1 Å². The predicted octanol–water partition coefficient (Wildman–Crippen LogP) is 2.44. The zero-order valence-electron chi connectivity index (χ0n) is 14.4. The molecular formula is C17H21N3O4S. The van der Waals surface area contributed by atoms with E-state index in [4.69, 9.17) is 9.15 Å². The van der Waals surface area contributed by atoms with Crippen molar-refractivity contribution < 1.29 is 13.9 Å². The van der Waals surface area contributed by atoms with Crippen LogP contribution in [0, 0.1) is 6.92 Å². The van der Waals surface area contributed by atoms with Gasteiger partial charge < -0.3 is 14.1 Å². The first-order chi connectivity index (χ1) is 12.1. The minimum atomic E-state index is -0.413. The van der Waals surface area contributed by atoms with E-state index in [0.717, 1.165) is 31.4 Å². The van der Waals surface area contributed by atoms with Crippen LogP contribution in [0.3, 0.4) is 0 Å². The molecule has 7 nitrogen and oxygen atoms in total. The molecule has 1 fully saturated rings. The van der Waals surface area contributed by atoms with Gasteiger partial charge in [0.15, 0.2) is 0 Å². The number of hydrogen-bond acceptors (Lipinski definition) is 7. The first-order valence-electron chi connectivity index (χ1n) is 8.45. The van der Waals surface area contributed by atoms with Gasteiger partial charge >= 0.3 is 5.63 Å². The Bertz CT molecular complexity index is 793. The highest BCUT2D eigenvalue weighted by Gasteiger charge is 2.27. The maximum absolute atomic E-state index is 12.7. The molecule has 0 N–H and O–H groups in total. The van der Waals surface area contributed by atoms with E-state index < -0.39 is 5.63 Å². The Morgan fingerprint density at radius 2 is 2.16 bits per heavy atom. The molecule has 0 aromatic carbocycles. The van der Waals surface area contributed by atoms with Crippen molar-refractivity contribution in [2.24, 2.45) is 0 Å². The van der Waals surface area contributed by atoms with E-state index in [0.29, 0.717) is 29.5 Å². The Balaban J connectivity index is 1.59. The first-order valence-corrected chi connectivity index (χ1v) is 9.23. The van der Waals surface area contributed by atoms with Gasteiger partial charge in [0.1, 0.15) is 22.5 Å². The molecule has 3 rings (SSSR count). The molecule has 0 unspecified atom stereocenters. The normalized spacial score (nSPS) is 15.4. The molecule has 2 aromatic rings. The molecule has 0 radical (unpaired) electrons. The third-order valence-electron chi connectivity index (χ3n) is 4.14. The molecule has 1 aliphatic rings. The summed E-state index contributed by atoms with van der Waals surface area (Å²) in [7, 11) is 0. The number of nitrogens with zero attached hydrogens (tertiary/aromatic N) is 3. The molecule has 0 aliphatic carbocycles. The van der Waals surface area contributed by atoms with Crippen LogP contribution < -0.4 is 10.4 Å². The zero-order valence-corrected chi connectivity index (χ0v) is 15.2. The minimum absolute atomic E-state index is 0.00750. The summed E-state index contributed by atoms with van der Waals surface area (Å²) >= 11 is 1.17. The van der Waals surface area contributed by atoms with Crippen LogP contribution in [0.1, 0.15) is 47.3 Å². The maximum atomic E-state index is 12.7. The molecule has 0 spiro atoms. The molecule has 1 amide bonds. The van der Waals surface area contributed by atoms with Crippen LogP contribution in [0.5, 0.6) is 5.75 Å². The van der Waals surface area contributed by atoms with Crippen molar-refractivity contribution >= 4 is 17.4 Å². The van der Waals surface area contributed by atoms with Crippen LogP contribution in [-0.2, 0) is 6.42 Å². The molecule has 1 saturated heterocycles. The van der Waals surface area contributed by atoms with E-state index in [1.54, 1.807) is 13.0 Å². The zero-order chi connectivity index (χ0) is 17.8. The number of carbonyl (C=O) groups is 1. The minimum Gasteiger partial charge on any atom is -0.490 e. The van der Waals surface area contributed by atoms with E-state index in [9.17, 15) is 9.59 Å². The van der Waals surface area contributed by atoms with Gasteiger partial charge in [0.05, 0.1) is 11.8 Å². The van der Waals surface area contributed by atoms with Gasteiger partial charge in [-0.1, -0.05) is 17.8 Å². The topological polar surface area (TPSA) is 85.5 Å². The van der Waals surface area contributed by atoms with Crippen molar-refractivity contribution in [3.05, 3.63) is 38.9 Å². The second-order valence-electron chi connectivity index (χ2n) is 6.13. The average molecular weight is 363 g/mol. The van der Waals surface area contributed by atoms with E-state index >= 15 is 0 Å². The number of piperidine rings is 1. The van der Waals surface area contributed by atoms with E-state index in [-0.39, 0.29) is 12.0 Å². The number of ether oxygens (including phenoxy) is 1. The highest BCUT2D eigenvalue weighted by atomic mass is 32.1. The summed E-state index contributed by atoms with van der Waals surface area (Å²) in [6.45, 7) is 5.01. The number of amides is 1. The van der Waals surface area contributed by atoms with Gasteiger partial charge in [-0.25, -0.2) is 4.79 Å². The summed E-state index contributed by atoms with van der Waals surface area (Å²) in [5, 5.41) is 4.07. The van der Waals surface area contributed by atoms with E-state index in [1.807, 2.05) is 4.90 Å². The maximum Gasteiger partial charge on any atom is 0.339 e. The SMILES string of the molecule is CCCc1nnsc1C(=O)N1CCC(Oc2cc(C)oc(=O)c2)CC1. The van der Waals surface area contributed by atoms with Crippen LogP contribution in [0.4, 0.5) is 0 Å². The monoisotopic (exact) mass is 363 g/mol. The van der Waals surface area contributed by atoms with Gasteiger partial charge in [-0.2, -0.15) is 0 Å². The summed E-state index contributed by atoms with van der Waals surface area (Å²) in [5.74, 6) is 1.06. The number of likely N-dealkylation sites (tertiary alicyclic amines) is 1. The largest absolute Gasteiger partial charge is 0.490 e. The molecule has 3 heterocycles. The fraction of sp³-hybridized carbons (Fsp3) is 0.529. The van der Waals surface area contributed by atoms with E-state index in [1.165, 1.54) is 17.6 Å². The molecule has 2 aromatic heterocycles. The molecule has 8 heteroatoms.